The maximum atomic E-state index is 5.99. The number of allylic oxidation sites excluding steroid dienone is 2. The third kappa shape index (κ3) is 1.72. The van der Waals surface area contributed by atoms with E-state index in [1.54, 1.807) is 0 Å². The number of halogens is 1. The van der Waals surface area contributed by atoms with Crippen molar-refractivity contribution in [2.45, 2.75) is 32.1 Å². The van der Waals surface area contributed by atoms with Gasteiger partial charge in [-0.15, -0.1) is 11.6 Å². The zero-order valence-electron chi connectivity index (χ0n) is 6.02. The molecule has 1 rings (SSSR count). The second-order valence-electron chi connectivity index (χ2n) is 2.97. The van der Waals surface area contributed by atoms with Crippen LogP contribution in [0.3, 0.4) is 0 Å². The largest absolute Gasteiger partial charge is 0.118 e. The van der Waals surface area contributed by atoms with Gasteiger partial charge in [0.2, 0.25) is 0 Å². The summed E-state index contributed by atoms with van der Waals surface area (Å²) in [7, 11) is 0. The highest BCUT2D eigenvalue weighted by Gasteiger charge is 2.16. The average Bonchev–Trinajstić information content (AvgIpc) is 1.80. The summed E-state index contributed by atoms with van der Waals surface area (Å²) in [5.41, 5.74) is 1.45. The highest BCUT2D eigenvalue weighted by molar-refractivity contribution is 6.22. The lowest BCUT2D eigenvalue weighted by Gasteiger charge is -2.20. The van der Waals surface area contributed by atoms with E-state index in [2.05, 4.69) is 19.9 Å². The molecular formula is C8H13Cl. The monoisotopic (exact) mass is 144 g/mol. The molecule has 0 spiro atoms. The van der Waals surface area contributed by atoms with Crippen molar-refractivity contribution in [1.82, 2.24) is 0 Å². The van der Waals surface area contributed by atoms with E-state index in [-0.39, 0.29) is 0 Å². The Morgan fingerprint density at radius 3 is 2.78 bits per heavy atom. The fourth-order valence-corrected chi connectivity index (χ4v) is 1.48. The first-order valence-electron chi connectivity index (χ1n) is 3.51. The van der Waals surface area contributed by atoms with Crippen molar-refractivity contribution in [1.29, 1.82) is 0 Å². The van der Waals surface area contributed by atoms with Crippen LogP contribution in [0, 0.1) is 5.92 Å². The van der Waals surface area contributed by atoms with Crippen LogP contribution in [-0.4, -0.2) is 5.38 Å². The molecule has 1 aliphatic rings. The van der Waals surface area contributed by atoms with E-state index in [0.29, 0.717) is 11.3 Å². The van der Waals surface area contributed by atoms with Crippen LogP contribution >= 0.6 is 11.6 Å². The van der Waals surface area contributed by atoms with E-state index in [4.69, 9.17) is 11.6 Å². The van der Waals surface area contributed by atoms with Gasteiger partial charge in [0, 0.05) is 0 Å². The number of hydrogen-bond acceptors (Lipinski definition) is 0. The molecule has 52 valence electrons. The molecule has 0 fully saturated rings. The van der Waals surface area contributed by atoms with Gasteiger partial charge in [0.15, 0.2) is 0 Å². The Balaban J connectivity index is 2.58. The molecule has 0 aromatic heterocycles. The van der Waals surface area contributed by atoms with E-state index in [9.17, 15) is 0 Å². The van der Waals surface area contributed by atoms with E-state index in [1.165, 1.54) is 18.4 Å². The molecule has 1 aliphatic carbocycles. The van der Waals surface area contributed by atoms with Crippen molar-refractivity contribution in [3.05, 3.63) is 11.6 Å². The van der Waals surface area contributed by atoms with Gasteiger partial charge in [-0.05, 0) is 25.7 Å². The van der Waals surface area contributed by atoms with E-state index >= 15 is 0 Å². The Kier molecular flexibility index (Phi) is 2.18. The molecule has 0 saturated heterocycles. The Morgan fingerprint density at radius 1 is 1.67 bits per heavy atom. The standard InChI is InChI=1S/C8H13Cl/c1-6-3-4-7(2)8(9)5-6/h5,7-8H,3-4H2,1-2H3. The Labute approximate surface area is 61.9 Å². The van der Waals surface area contributed by atoms with Crippen LogP contribution in [0.25, 0.3) is 0 Å². The van der Waals surface area contributed by atoms with Gasteiger partial charge >= 0.3 is 0 Å². The maximum Gasteiger partial charge on any atom is 0.0544 e. The Morgan fingerprint density at radius 2 is 2.33 bits per heavy atom. The van der Waals surface area contributed by atoms with Crippen LogP contribution in [0.2, 0.25) is 0 Å². The van der Waals surface area contributed by atoms with Crippen LogP contribution in [0.4, 0.5) is 0 Å². The molecule has 0 heterocycles. The van der Waals surface area contributed by atoms with Gasteiger partial charge in [-0.25, -0.2) is 0 Å². The van der Waals surface area contributed by atoms with Crippen LogP contribution in [0.5, 0.6) is 0 Å². The van der Waals surface area contributed by atoms with Crippen molar-refractivity contribution >= 4 is 11.6 Å². The van der Waals surface area contributed by atoms with Crippen LogP contribution < -0.4 is 0 Å². The fraction of sp³-hybridized carbons (Fsp3) is 0.750. The van der Waals surface area contributed by atoms with Crippen molar-refractivity contribution in [2.24, 2.45) is 5.92 Å². The highest BCUT2D eigenvalue weighted by atomic mass is 35.5. The average molecular weight is 145 g/mol. The minimum absolute atomic E-state index is 0.291. The molecule has 0 aromatic rings. The third-order valence-corrected chi connectivity index (χ3v) is 2.54. The van der Waals surface area contributed by atoms with Crippen LogP contribution in [0.1, 0.15) is 26.7 Å². The summed E-state index contributed by atoms with van der Waals surface area (Å²) in [6, 6.07) is 0. The number of hydrogen-bond donors (Lipinski definition) is 0. The van der Waals surface area contributed by atoms with Gasteiger partial charge < -0.3 is 0 Å². The topological polar surface area (TPSA) is 0 Å². The normalized spacial score (nSPS) is 36.1. The third-order valence-electron chi connectivity index (χ3n) is 1.98. The zero-order valence-corrected chi connectivity index (χ0v) is 6.78. The molecule has 0 N–H and O–H groups in total. The summed E-state index contributed by atoms with van der Waals surface area (Å²) in [4.78, 5) is 0. The molecule has 0 bridgehead atoms. The lowest BCUT2D eigenvalue weighted by atomic mass is 9.91. The van der Waals surface area contributed by atoms with Gasteiger partial charge in [0.05, 0.1) is 5.38 Å². The van der Waals surface area contributed by atoms with E-state index < -0.39 is 0 Å². The fourth-order valence-electron chi connectivity index (χ4n) is 1.13. The predicted octanol–water partition coefficient (Wildman–Crippen LogP) is 2.97. The predicted molar refractivity (Wildman–Crippen MR) is 41.8 cm³/mol. The molecule has 2 unspecified atom stereocenters. The van der Waals surface area contributed by atoms with Gasteiger partial charge in [0.1, 0.15) is 0 Å². The molecule has 0 aliphatic heterocycles. The first-order valence-corrected chi connectivity index (χ1v) is 3.95. The Hall–Kier alpha value is 0.0300. The molecule has 1 heteroatoms. The van der Waals surface area contributed by atoms with Crippen LogP contribution in [-0.2, 0) is 0 Å². The minimum atomic E-state index is 0.291. The summed E-state index contributed by atoms with van der Waals surface area (Å²) in [5.74, 6) is 0.676. The first-order chi connectivity index (χ1) is 4.20. The number of rotatable bonds is 0. The molecule has 9 heavy (non-hydrogen) atoms. The first kappa shape index (κ1) is 7.14. The highest BCUT2D eigenvalue weighted by Crippen LogP contribution is 2.26. The smallest absolute Gasteiger partial charge is 0.0544 e. The second kappa shape index (κ2) is 2.74. The van der Waals surface area contributed by atoms with E-state index in [0.717, 1.165) is 0 Å². The summed E-state index contributed by atoms with van der Waals surface area (Å²) < 4.78 is 0. The van der Waals surface area contributed by atoms with Gasteiger partial charge in [-0.2, -0.15) is 0 Å². The molecular weight excluding hydrogens is 132 g/mol. The van der Waals surface area contributed by atoms with Gasteiger partial charge in [-0.1, -0.05) is 18.6 Å². The molecule has 0 nitrogen and oxygen atoms in total. The second-order valence-corrected chi connectivity index (χ2v) is 3.48. The maximum absolute atomic E-state index is 5.99. The van der Waals surface area contributed by atoms with Crippen molar-refractivity contribution < 1.29 is 0 Å². The number of alkyl halides is 1. The summed E-state index contributed by atoms with van der Waals surface area (Å²) in [6.45, 7) is 4.36. The van der Waals surface area contributed by atoms with Crippen molar-refractivity contribution in [3.63, 3.8) is 0 Å². The van der Waals surface area contributed by atoms with Gasteiger partial charge in [-0.3, -0.25) is 0 Å². The quantitative estimate of drug-likeness (QED) is 0.362. The molecule has 0 saturated carbocycles. The molecule has 0 aromatic carbocycles. The van der Waals surface area contributed by atoms with Gasteiger partial charge in [0.25, 0.3) is 0 Å². The zero-order chi connectivity index (χ0) is 6.85. The van der Waals surface area contributed by atoms with Crippen LogP contribution in [0.15, 0.2) is 11.6 Å². The lowest BCUT2D eigenvalue weighted by molar-refractivity contribution is 0.520. The van der Waals surface area contributed by atoms with Crippen molar-refractivity contribution in [2.75, 3.05) is 0 Å². The molecule has 2 atom stereocenters. The van der Waals surface area contributed by atoms with E-state index in [1.807, 2.05) is 0 Å². The summed E-state index contributed by atoms with van der Waals surface area (Å²) >= 11 is 5.99. The van der Waals surface area contributed by atoms with Crippen molar-refractivity contribution in [3.8, 4) is 0 Å². The molecule has 0 amide bonds. The molecule has 0 radical (unpaired) electrons. The Bertz CT molecular complexity index is 127. The lowest BCUT2D eigenvalue weighted by Crippen LogP contribution is -2.13. The minimum Gasteiger partial charge on any atom is -0.118 e. The SMILES string of the molecule is CC1=CC(Cl)C(C)CC1. The summed E-state index contributed by atoms with van der Waals surface area (Å²) in [6.07, 6.45) is 4.68. The summed E-state index contributed by atoms with van der Waals surface area (Å²) in [5, 5.41) is 0.291.